The Kier molecular flexibility index (Phi) is 9.32. The predicted octanol–water partition coefficient (Wildman–Crippen LogP) is 6.73. The number of aryl methyl sites for hydroxylation is 1. The molecule has 0 spiro atoms. The van der Waals surface area contributed by atoms with Crippen LogP contribution in [0.1, 0.15) is 42.0 Å². The van der Waals surface area contributed by atoms with E-state index in [4.69, 9.17) is 20.6 Å². The van der Waals surface area contributed by atoms with Crippen LogP contribution in [-0.4, -0.2) is 37.9 Å². The van der Waals surface area contributed by atoms with Gasteiger partial charge in [-0.15, -0.1) is 5.10 Å². The Labute approximate surface area is 254 Å². The minimum Gasteiger partial charge on any atom is -0.508 e. The fourth-order valence-electron chi connectivity index (χ4n) is 5.02. The first-order valence-corrected chi connectivity index (χ1v) is 15.9. The van der Waals surface area contributed by atoms with Crippen LogP contribution < -0.4 is 10.9 Å². The molecule has 10 nitrogen and oxygen atoms in total. The number of phenols is 1. The molecule has 5 aromatic rings. The standard InChI is InChI=1S/C31H33ClN5O5P/c1-4-41-43(40,42-5-2)31(33-27-12-8-7-11-26(27)32)25-17-22(14-15-29(25)38)18-36-19-23(34-35-36)20-37-28-13-9-6-10-24(28)21(3)16-30(37)39/h6-17,19,31,33,38H,4-5,18,20H2,1-3H3. The maximum Gasteiger partial charge on any atom is 0.357 e. The molecule has 0 aliphatic carbocycles. The molecule has 2 heterocycles. The Balaban J connectivity index is 1.45. The summed E-state index contributed by atoms with van der Waals surface area (Å²) >= 11 is 6.41. The van der Waals surface area contributed by atoms with Crippen LogP contribution in [0.3, 0.4) is 0 Å². The van der Waals surface area contributed by atoms with E-state index >= 15 is 0 Å². The van der Waals surface area contributed by atoms with Crippen molar-refractivity contribution in [1.82, 2.24) is 19.6 Å². The van der Waals surface area contributed by atoms with Gasteiger partial charge >= 0.3 is 7.60 Å². The third-order valence-corrected chi connectivity index (χ3v) is 9.57. The second kappa shape index (κ2) is 13.1. The third kappa shape index (κ3) is 6.68. The van der Waals surface area contributed by atoms with Crippen LogP contribution in [0.2, 0.25) is 5.02 Å². The van der Waals surface area contributed by atoms with Crippen molar-refractivity contribution in [2.45, 2.75) is 39.6 Å². The number of aromatic nitrogens is 4. The molecule has 43 heavy (non-hydrogen) atoms. The van der Waals surface area contributed by atoms with Crippen molar-refractivity contribution < 1.29 is 18.7 Å². The first-order chi connectivity index (χ1) is 20.7. The van der Waals surface area contributed by atoms with Crippen LogP contribution in [0.5, 0.6) is 5.75 Å². The van der Waals surface area contributed by atoms with Crippen molar-refractivity contribution in [2.75, 3.05) is 18.5 Å². The summed E-state index contributed by atoms with van der Waals surface area (Å²) < 4.78 is 28.7. The number of pyridine rings is 1. The first-order valence-electron chi connectivity index (χ1n) is 13.9. The second-order valence-electron chi connectivity index (χ2n) is 9.97. The SMILES string of the molecule is CCOP(=O)(OCC)C(Nc1ccccc1Cl)c1cc(Cn2cc(Cn3c(=O)cc(C)c4ccccc43)nn2)ccc1O. The first kappa shape index (κ1) is 30.5. The van der Waals surface area contributed by atoms with Gasteiger partial charge < -0.3 is 24.0 Å². The van der Waals surface area contributed by atoms with Crippen LogP contribution in [0.25, 0.3) is 10.9 Å². The fourth-order valence-corrected chi connectivity index (χ4v) is 7.15. The number of hydrogen-bond acceptors (Lipinski definition) is 8. The lowest BCUT2D eigenvalue weighted by Crippen LogP contribution is -2.21. The Morgan fingerprint density at radius 2 is 1.72 bits per heavy atom. The fraction of sp³-hybridized carbons (Fsp3) is 0.258. The highest BCUT2D eigenvalue weighted by Crippen LogP contribution is 2.62. The second-order valence-corrected chi connectivity index (χ2v) is 12.5. The van der Waals surface area contributed by atoms with Crippen molar-refractivity contribution in [3.8, 4) is 5.75 Å². The largest absolute Gasteiger partial charge is 0.508 e. The molecule has 0 saturated carbocycles. The van der Waals surface area contributed by atoms with Gasteiger partial charge in [0, 0.05) is 17.0 Å². The lowest BCUT2D eigenvalue weighted by molar-refractivity contribution is 0.213. The van der Waals surface area contributed by atoms with Crippen LogP contribution >= 0.6 is 19.2 Å². The number of fused-ring (bicyclic) bond motifs is 1. The Hall–Kier alpha value is -3.95. The van der Waals surface area contributed by atoms with Crippen molar-refractivity contribution in [3.05, 3.63) is 117 Å². The summed E-state index contributed by atoms with van der Waals surface area (Å²) in [6, 6.07) is 21.4. The number of hydrogen-bond donors (Lipinski definition) is 2. The van der Waals surface area contributed by atoms with Crippen LogP contribution in [0.4, 0.5) is 5.69 Å². The van der Waals surface area contributed by atoms with E-state index in [1.807, 2.05) is 31.2 Å². The number of nitrogens with zero attached hydrogens (tertiary/aromatic N) is 4. The minimum atomic E-state index is -3.83. The van der Waals surface area contributed by atoms with Gasteiger partial charge in [-0.05, 0) is 62.2 Å². The third-order valence-electron chi connectivity index (χ3n) is 6.96. The maximum atomic E-state index is 14.1. The Bertz CT molecular complexity index is 1850. The molecule has 0 radical (unpaired) electrons. The zero-order chi connectivity index (χ0) is 30.6. The molecular weight excluding hydrogens is 589 g/mol. The number of nitrogens with one attached hydrogen (secondary N) is 1. The van der Waals surface area contributed by atoms with E-state index < -0.39 is 13.4 Å². The van der Waals surface area contributed by atoms with Gasteiger partial charge in [-0.1, -0.05) is 53.2 Å². The van der Waals surface area contributed by atoms with Crippen molar-refractivity contribution in [2.24, 2.45) is 0 Å². The predicted molar refractivity (Wildman–Crippen MR) is 168 cm³/mol. The van der Waals surface area contributed by atoms with E-state index in [1.54, 1.807) is 71.8 Å². The molecule has 5 rings (SSSR count). The summed E-state index contributed by atoms with van der Waals surface area (Å²) in [6.45, 7) is 6.21. The smallest absolute Gasteiger partial charge is 0.357 e. The molecule has 224 valence electrons. The molecule has 0 bridgehead atoms. The number of halogens is 1. The quantitative estimate of drug-likeness (QED) is 0.147. The summed E-state index contributed by atoms with van der Waals surface area (Å²) in [5.41, 5.74) is 3.84. The number of aromatic hydroxyl groups is 1. The van der Waals surface area contributed by atoms with E-state index in [1.165, 1.54) is 6.07 Å². The number of benzene rings is 3. The summed E-state index contributed by atoms with van der Waals surface area (Å²) in [6.07, 6.45) is 1.78. The zero-order valence-corrected chi connectivity index (χ0v) is 25.8. The normalized spacial score (nSPS) is 12.5. The Morgan fingerprint density at radius 3 is 2.47 bits per heavy atom. The molecule has 3 aromatic carbocycles. The number of para-hydroxylation sites is 2. The van der Waals surface area contributed by atoms with Crippen LogP contribution in [0.15, 0.2) is 83.8 Å². The molecular formula is C31H33ClN5O5P. The van der Waals surface area contributed by atoms with E-state index in [2.05, 4.69) is 15.6 Å². The highest BCUT2D eigenvalue weighted by Gasteiger charge is 2.39. The van der Waals surface area contributed by atoms with Gasteiger partial charge in [-0.25, -0.2) is 4.68 Å². The molecule has 0 amide bonds. The molecule has 1 atom stereocenters. The highest BCUT2D eigenvalue weighted by molar-refractivity contribution is 7.54. The monoisotopic (exact) mass is 621 g/mol. The van der Waals surface area contributed by atoms with Crippen LogP contribution in [-0.2, 0) is 26.7 Å². The van der Waals surface area contributed by atoms with Crippen LogP contribution in [0, 0.1) is 6.92 Å². The molecule has 0 fully saturated rings. The van der Waals surface area contributed by atoms with Gasteiger partial charge in [0.1, 0.15) is 11.4 Å². The topological polar surface area (TPSA) is 121 Å². The van der Waals surface area contributed by atoms with Gasteiger partial charge in [0.2, 0.25) is 0 Å². The van der Waals surface area contributed by atoms with Crippen molar-refractivity contribution in [1.29, 1.82) is 0 Å². The molecule has 12 heteroatoms. The molecule has 0 aliphatic rings. The van der Waals surface area contributed by atoms with E-state index in [0.717, 1.165) is 22.0 Å². The molecule has 1 unspecified atom stereocenters. The van der Waals surface area contributed by atoms with Gasteiger partial charge in [0.25, 0.3) is 5.56 Å². The summed E-state index contributed by atoms with van der Waals surface area (Å²) in [5, 5.41) is 24.1. The van der Waals surface area contributed by atoms with Crippen molar-refractivity contribution >= 4 is 35.8 Å². The van der Waals surface area contributed by atoms with E-state index in [9.17, 15) is 14.5 Å². The van der Waals surface area contributed by atoms with Gasteiger partial charge in [0.15, 0.2) is 5.78 Å². The maximum absolute atomic E-state index is 14.1. The molecule has 0 aliphatic heterocycles. The Morgan fingerprint density at radius 1 is 1.00 bits per heavy atom. The minimum absolute atomic E-state index is 0.0853. The summed E-state index contributed by atoms with van der Waals surface area (Å²) in [7, 11) is -3.83. The van der Waals surface area contributed by atoms with Gasteiger partial charge in [-0.3, -0.25) is 9.36 Å². The summed E-state index contributed by atoms with van der Waals surface area (Å²) in [4.78, 5) is 12.8. The average Bonchev–Trinajstić information content (AvgIpc) is 3.43. The van der Waals surface area contributed by atoms with E-state index in [0.29, 0.717) is 28.5 Å². The lowest BCUT2D eigenvalue weighted by atomic mass is 10.1. The van der Waals surface area contributed by atoms with Gasteiger partial charge in [0.05, 0.1) is 48.7 Å². The highest BCUT2D eigenvalue weighted by atomic mass is 35.5. The van der Waals surface area contributed by atoms with Crippen molar-refractivity contribution in [3.63, 3.8) is 0 Å². The average molecular weight is 622 g/mol. The number of phenolic OH excluding ortho intramolecular Hbond substituents is 1. The number of rotatable bonds is 12. The lowest BCUT2D eigenvalue weighted by Gasteiger charge is -2.29. The molecule has 0 saturated heterocycles. The van der Waals surface area contributed by atoms with E-state index in [-0.39, 0.29) is 31.1 Å². The molecule has 2 N–H and O–H groups in total. The number of anilines is 1. The summed E-state index contributed by atoms with van der Waals surface area (Å²) in [5.74, 6) is -1.14. The van der Waals surface area contributed by atoms with Gasteiger partial charge in [-0.2, -0.15) is 0 Å². The zero-order valence-electron chi connectivity index (χ0n) is 24.1. The molecule has 2 aromatic heterocycles.